The number of benzene rings is 1. The number of fused-ring (bicyclic) bond motifs is 1. The van der Waals surface area contributed by atoms with Crippen molar-refractivity contribution in [3.8, 4) is 11.5 Å². The summed E-state index contributed by atoms with van der Waals surface area (Å²) >= 11 is 1.84. The van der Waals surface area contributed by atoms with E-state index in [2.05, 4.69) is 10.6 Å². The van der Waals surface area contributed by atoms with Crippen LogP contribution in [-0.2, 0) is 0 Å². The smallest absolute Gasteiger partial charge is 0.231 e. The molecule has 0 unspecified atom stereocenters. The second kappa shape index (κ2) is 9.77. The molecule has 1 aromatic carbocycles. The summed E-state index contributed by atoms with van der Waals surface area (Å²) in [5.74, 6) is 4.38. The van der Waals surface area contributed by atoms with Gasteiger partial charge in [-0.2, -0.15) is 11.8 Å². The molecule has 2 aliphatic rings. The highest BCUT2D eigenvalue weighted by Crippen LogP contribution is 2.34. The van der Waals surface area contributed by atoms with E-state index in [1.165, 1.54) is 32.1 Å². The van der Waals surface area contributed by atoms with Gasteiger partial charge < -0.3 is 25.8 Å². The average molecular weight is 365 g/mol. The largest absolute Gasteiger partial charge is 0.454 e. The SMILES string of the molecule is NCCSCCN=C(Nc1ccc2c(c1)OCO2)NC1CCCCC1. The third kappa shape index (κ3) is 5.71. The van der Waals surface area contributed by atoms with E-state index in [-0.39, 0.29) is 0 Å². The first-order valence-corrected chi connectivity index (χ1v) is 10.3. The zero-order valence-electron chi connectivity index (χ0n) is 14.6. The molecule has 0 atom stereocenters. The summed E-state index contributed by atoms with van der Waals surface area (Å²) in [6.45, 7) is 1.78. The number of hydrogen-bond donors (Lipinski definition) is 3. The van der Waals surface area contributed by atoms with Crippen LogP contribution in [0.4, 0.5) is 5.69 Å². The second-order valence-electron chi connectivity index (χ2n) is 6.30. The van der Waals surface area contributed by atoms with Crippen LogP contribution < -0.4 is 25.8 Å². The lowest BCUT2D eigenvalue weighted by molar-refractivity contribution is 0.174. The molecule has 0 radical (unpaired) electrons. The fraction of sp³-hybridized carbons (Fsp3) is 0.611. The van der Waals surface area contributed by atoms with Crippen molar-refractivity contribution < 1.29 is 9.47 Å². The summed E-state index contributed by atoms with van der Waals surface area (Å²) in [5.41, 5.74) is 6.50. The number of ether oxygens (including phenoxy) is 2. The lowest BCUT2D eigenvalue weighted by atomic mass is 9.96. The predicted octanol–water partition coefficient (Wildman–Crippen LogP) is 2.80. The van der Waals surface area contributed by atoms with Gasteiger partial charge >= 0.3 is 0 Å². The maximum Gasteiger partial charge on any atom is 0.231 e. The molecule has 0 bridgehead atoms. The Balaban J connectivity index is 1.61. The molecule has 0 amide bonds. The highest BCUT2D eigenvalue weighted by Gasteiger charge is 2.16. The summed E-state index contributed by atoms with van der Waals surface area (Å²) < 4.78 is 10.8. The molecular weight excluding hydrogens is 336 g/mol. The average Bonchev–Trinajstić information content (AvgIpc) is 3.10. The van der Waals surface area contributed by atoms with E-state index in [0.29, 0.717) is 12.8 Å². The van der Waals surface area contributed by atoms with Crippen LogP contribution in [0, 0.1) is 0 Å². The molecule has 1 aromatic rings. The fourth-order valence-corrected chi connectivity index (χ4v) is 3.67. The first-order valence-electron chi connectivity index (χ1n) is 9.10. The summed E-state index contributed by atoms with van der Waals surface area (Å²) in [4.78, 5) is 4.74. The van der Waals surface area contributed by atoms with Gasteiger partial charge in [0.2, 0.25) is 6.79 Å². The molecule has 7 heteroatoms. The summed E-state index contributed by atoms with van der Waals surface area (Å²) in [7, 11) is 0. The molecule has 1 fully saturated rings. The Labute approximate surface area is 153 Å². The van der Waals surface area contributed by atoms with Gasteiger partial charge in [-0.05, 0) is 25.0 Å². The van der Waals surface area contributed by atoms with Gasteiger partial charge in [-0.3, -0.25) is 4.99 Å². The van der Waals surface area contributed by atoms with Crippen LogP contribution in [0.5, 0.6) is 11.5 Å². The molecule has 138 valence electrons. The number of nitrogens with zero attached hydrogens (tertiary/aromatic N) is 1. The van der Waals surface area contributed by atoms with Gasteiger partial charge in [0.25, 0.3) is 0 Å². The van der Waals surface area contributed by atoms with E-state index in [9.17, 15) is 0 Å². The van der Waals surface area contributed by atoms with Gasteiger partial charge in [0.15, 0.2) is 17.5 Å². The van der Waals surface area contributed by atoms with Crippen molar-refractivity contribution in [2.75, 3.05) is 36.7 Å². The number of rotatable bonds is 7. The Morgan fingerprint density at radius 3 is 2.84 bits per heavy atom. The van der Waals surface area contributed by atoms with E-state index in [1.807, 2.05) is 30.0 Å². The van der Waals surface area contributed by atoms with Gasteiger partial charge in [0, 0.05) is 35.8 Å². The van der Waals surface area contributed by atoms with Crippen LogP contribution in [0.1, 0.15) is 32.1 Å². The molecule has 1 aliphatic carbocycles. The number of anilines is 1. The van der Waals surface area contributed by atoms with Gasteiger partial charge in [-0.25, -0.2) is 0 Å². The molecule has 0 spiro atoms. The maximum absolute atomic E-state index is 5.54. The zero-order valence-corrected chi connectivity index (χ0v) is 15.4. The Kier molecular flexibility index (Phi) is 7.11. The quantitative estimate of drug-likeness (QED) is 0.392. The summed E-state index contributed by atoms with van der Waals surface area (Å²) in [6, 6.07) is 6.39. The second-order valence-corrected chi connectivity index (χ2v) is 7.53. The molecule has 1 saturated carbocycles. The van der Waals surface area contributed by atoms with Crippen molar-refractivity contribution in [1.29, 1.82) is 0 Å². The summed E-state index contributed by atoms with van der Waals surface area (Å²) in [5, 5.41) is 7.01. The van der Waals surface area contributed by atoms with E-state index in [1.54, 1.807) is 0 Å². The molecular formula is C18H28N4O2S. The number of nitrogens with two attached hydrogens (primary N) is 1. The van der Waals surface area contributed by atoms with Crippen LogP contribution in [0.3, 0.4) is 0 Å². The molecule has 1 aliphatic heterocycles. The monoisotopic (exact) mass is 364 g/mol. The normalized spacial score (nSPS) is 17.6. The molecule has 0 aromatic heterocycles. The number of guanidine groups is 1. The van der Waals surface area contributed by atoms with E-state index in [4.69, 9.17) is 20.2 Å². The van der Waals surface area contributed by atoms with Crippen molar-refractivity contribution in [2.24, 2.45) is 10.7 Å². The molecule has 1 heterocycles. The number of thioether (sulfide) groups is 1. The number of nitrogens with one attached hydrogen (secondary N) is 2. The Morgan fingerprint density at radius 1 is 1.16 bits per heavy atom. The van der Waals surface area contributed by atoms with Gasteiger partial charge in [0.1, 0.15) is 0 Å². The minimum absolute atomic E-state index is 0.290. The molecule has 3 rings (SSSR count). The maximum atomic E-state index is 5.54. The Bertz CT molecular complexity index is 576. The van der Waals surface area contributed by atoms with E-state index in [0.717, 1.165) is 47.7 Å². The van der Waals surface area contributed by atoms with Crippen LogP contribution in [-0.4, -0.2) is 43.4 Å². The Hall–Kier alpha value is -1.60. The highest BCUT2D eigenvalue weighted by molar-refractivity contribution is 7.99. The minimum atomic E-state index is 0.290. The minimum Gasteiger partial charge on any atom is -0.454 e. The standard InChI is InChI=1S/C18H28N4O2S/c19-8-10-25-11-9-20-18(21-14-4-2-1-3-5-14)22-15-6-7-16-17(12-15)24-13-23-16/h6-7,12,14H,1-5,8-11,13,19H2,(H2,20,21,22). The first kappa shape index (κ1) is 18.2. The van der Waals surface area contributed by atoms with Crippen LogP contribution in [0.25, 0.3) is 0 Å². The van der Waals surface area contributed by atoms with Crippen molar-refractivity contribution in [1.82, 2.24) is 5.32 Å². The van der Waals surface area contributed by atoms with Crippen molar-refractivity contribution in [2.45, 2.75) is 38.1 Å². The van der Waals surface area contributed by atoms with Gasteiger partial charge in [0.05, 0.1) is 6.54 Å². The molecule has 6 nitrogen and oxygen atoms in total. The van der Waals surface area contributed by atoms with E-state index >= 15 is 0 Å². The first-order chi connectivity index (χ1) is 12.3. The molecule has 0 saturated heterocycles. The highest BCUT2D eigenvalue weighted by atomic mass is 32.2. The van der Waals surface area contributed by atoms with Crippen LogP contribution >= 0.6 is 11.8 Å². The summed E-state index contributed by atoms with van der Waals surface area (Å²) in [6.07, 6.45) is 6.35. The Morgan fingerprint density at radius 2 is 2.00 bits per heavy atom. The molecule has 4 N–H and O–H groups in total. The van der Waals surface area contributed by atoms with Crippen molar-refractivity contribution in [3.63, 3.8) is 0 Å². The molecule has 25 heavy (non-hydrogen) atoms. The fourth-order valence-electron chi connectivity index (χ4n) is 3.08. The number of hydrogen-bond acceptors (Lipinski definition) is 5. The van der Waals surface area contributed by atoms with Crippen LogP contribution in [0.2, 0.25) is 0 Å². The zero-order chi connectivity index (χ0) is 17.3. The third-order valence-electron chi connectivity index (χ3n) is 4.35. The topological polar surface area (TPSA) is 80.9 Å². The van der Waals surface area contributed by atoms with Crippen molar-refractivity contribution in [3.05, 3.63) is 18.2 Å². The lowest BCUT2D eigenvalue weighted by Crippen LogP contribution is -2.40. The van der Waals surface area contributed by atoms with Gasteiger partial charge in [-0.15, -0.1) is 0 Å². The van der Waals surface area contributed by atoms with Gasteiger partial charge in [-0.1, -0.05) is 19.3 Å². The lowest BCUT2D eigenvalue weighted by Gasteiger charge is -2.25. The predicted molar refractivity (Wildman–Crippen MR) is 105 cm³/mol. The third-order valence-corrected chi connectivity index (χ3v) is 5.34. The van der Waals surface area contributed by atoms with Crippen molar-refractivity contribution >= 4 is 23.4 Å². The number of aliphatic imine (C=N–C) groups is 1. The van der Waals surface area contributed by atoms with E-state index < -0.39 is 0 Å². The van der Waals surface area contributed by atoms with Crippen LogP contribution in [0.15, 0.2) is 23.2 Å².